The van der Waals surface area contributed by atoms with Gasteiger partial charge in [0, 0.05) is 5.56 Å². The van der Waals surface area contributed by atoms with Crippen LogP contribution < -0.4 is 9.47 Å². The Balaban J connectivity index is 2.40. The van der Waals surface area contributed by atoms with E-state index < -0.39 is 30.3 Å². The van der Waals surface area contributed by atoms with Crippen LogP contribution in [0.25, 0.3) is 6.08 Å². The van der Waals surface area contributed by atoms with Gasteiger partial charge in [-0.25, -0.2) is 4.79 Å². The van der Waals surface area contributed by atoms with Crippen LogP contribution in [0.4, 0.5) is 0 Å². The summed E-state index contributed by atoms with van der Waals surface area (Å²) >= 11 is 5.98. The zero-order valence-electron chi connectivity index (χ0n) is 13.8. The van der Waals surface area contributed by atoms with Crippen LogP contribution in [-0.2, 0) is 14.4 Å². The molecule has 0 aromatic heterocycles. The quantitative estimate of drug-likeness (QED) is 0.525. The van der Waals surface area contributed by atoms with E-state index in [9.17, 15) is 19.5 Å². The maximum absolute atomic E-state index is 12.6. The molecule has 26 heavy (non-hydrogen) atoms. The van der Waals surface area contributed by atoms with Crippen molar-refractivity contribution in [2.75, 3.05) is 14.2 Å². The van der Waals surface area contributed by atoms with Crippen molar-refractivity contribution in [2.45, 2.75) is 12.5 Å². The monoisotopic (exact) mass is 397 g/mol. The van der Waals surface area contributed by atoms with E-state index in [4.69, 9.17) is 26.8 Å². The summed E-state index contributed by atoms with van der Waals surface area (Å²) in [5.74, 6) is -2.43. The highest BCUT2D eigenvalue weighted by molar-refractivity contribution is 8.26. The second kappa shape index (κ2) is 8.19. The Labute approximate surface area is 158 Å². The molecule has 1 saturated heterocycles. The first kappa shape index (κ1) is 19.7. The number of nitrogens with zero attached hydrogens (tertiary/aromatic N) is 1. The summed E-state index contributed by atoms with van der Waals surface area (Å²) in [6, 6.07) is 3.43. The van der Waals surface area contributed by atoms with Gasteiger partial charge in [-0.2, -0.15) is 0 Å². The van der Waals surface area contributed by atoms with Gasteiger partial charge >= 0.3 is 11.9 Å². The second-order valence-electron chi connectivity index (χ2n) is 5.11. The molecule has 0 aliphatic carbocycles. The van der Waals surface area contributed by atoms with Crippen molar-refractivity contribution in [3.05, 3.63) is 28.7 Å². The Morgan fingerprint density at radius 3 is 2.54 bits per heavy atom. The predicted octanol–water partition coefficient (Wildman–Crippen LogP) is 1.83. The van der Waals surface area contributed by atoms with Gasteiger partial charge in [0.25, 0.3) is 5.91 Å². The number of hydrogen-bond donors (Lipinski definition) is 2. The fraction of sp³-hybridized carbons (Fsp3) is 0.250. The minimum absolute atomic E-state index is 0.0169. The maximum atomic E-state index is 12.6. The molecular formula is C16H15NO7S2. The molecule has 2 rings (SSSR count). The van der Waals surface area contributed by atoms with Gasteiger partial charge in [-0.15, -0.1) is 0 Å². The molecular weight excluding hydrogens is 382 g/mol. The number of ether oxygens (including phenoxy) is 2. The van der Waals surface area contributed by atoms with Crippen LogP contribution in [0.5, 0.6) is 11.5 Å². The molecule has 0 spiro atoms. The summed E-state index contributed by atoms with van der Waals surface area (Å²) in [6.07, 6.45) is 0.748. The third-order valence-corrected chi connectivity index (χ3v) is 4.84. The van der Waals surface area contributed by atoms with Crippen molar-refractivity contribution in [1.29, 1.82) is 0 Å². The summed E-state index contributed by atoms with van der Waals surface area (Å²) in [7, 11) is 2.96. The molecule has 1 unspecified atom stereocenters. The number of amides is 1. The van der Waals surface area contributed by atoms with Crippen molar-refractivity contribution < 1.29 is 34.1 Å². The standard InChI is InChI=1S/C16H15NO7S2/c1-23-9-3-4-11(24-2)8(5-9)6-12-14(20)17(16(25)26-12)10(15(21)22)7-13(18)19/h3-6,10H,7H2,1-2H3,(H,18,19)(H,21,22)/b12-6-. The van der Waals surface area contributed by atoms with Crippen LogP contribution in [0.1, 0.15) is 12.0 Å². The van der Waals surface area contributed by atoms with Gasteiger partial charge in [0.15, 0.2) is 0 Å². The molecule has 1 heterocycles. The van der Waals surface area contributed by atoms with Crippen molar-refractivity contribution >= 4 is 52.2 Å². The Bertz CT molecular complexity index is 806. The van der Waals surface area contributed by atoms with Crippen LogP contribution in [0.2, 0.25) is 0 Å². The molecule has 0 radical (unpaired) electrons. The Kier molecular flexibility index (Phi) is 6.22. The van der Waals surface area contributed by atoms with E-state index in [0.717, 1.165) is 16.7 Å². The number of carbonyl (C=O) groups excluding carboxylic acids is 1. The lowest BCUT2D eigenvalue weighted by atomic mass is 10.1. The van der Waals surface area contributed by atoms with Gasteiger partial charge in [0.2, 0.25) is 0 Å². The largest absolute Gasteiger partial charge is 0.497 e. The van der Waals surface area contributed by atoms with Crippen molar-refractivity contribution in [1.82, 2.24) is 4.90 Å². The van der Waals surface area contributed by atoms with Gasteiger partial charge in [-0.3, -0.25) is 14.5 Å². The third-order valence-electron chi connectivity index (χ3n) is 3.51. The number of aliphatic carboxylic acids is 2. The van der Waals surface area contributed by atoms with Crippen LogP contribution in [0.15, 0.2) is 23.1 Å². The van der Waals surface area contributed by atoms with Crippen LogP contribution in [0, 0.1) is 0 Å². The zero-order valence-corrected chi connectivity index (χ0v) is 15.4. The number of carboxylic acid groups (broad SMARTS) is 2. The van der Waals surface area contributed by atoms with E-state index >= 15 is 0 Å². The molecule has 1 aromatic rings. The number of carboxylic acids is 2. The summed E-state index contributed by atoms with van der Waals surface area (Å²) in [5, 5.41) is 18.2. The first-order chi connectivity index (χ1) is 12.3. The highest BCUT2D eigenvalue weighted by Gasteiger charge is 2.41. The van der Waals surface area contributed by atoms with E-state index in [1.807, 2.05) is 0 Å². The first-order valence-electron chi connectivity index (χ1n) is 7.22. The molecule has 0 bridgehead atoms. The fourth-order valence-electron chi connectivity index (χ4n) is 2.30. The van der Waals surface area contributed by atoms with Crippen molar-refractivity contribution in [3.63, 3.8) is 0 Å². The van der Waals surface area contributed by atoms with Crippen LogP contribution in [-0.4, -0.2) is 57.5 Å². The Morgan fingerprint density at radius 1 is 1.31 bits per heavy atom. The molecule has 0 saturated carbocycles. The highest BCUT2D eigenvalue weighted by atomic mass is 32.2. The summed E-state index contributed by atoms with van der Waals surface area (Å²) < 4.78 is 10.4. The SMILES string of the molecule is COc1ccc(OC)c(/C=C2\SC(=S)N(C(CC(=O)O)C(=O)O)C2=O)c1. The van der Waals surface area contributed by atoms with E-state index in [1.54, 1.807) is 18.2 Å². The maximum Gasteiger partial charge on any atom is 0.327 e. The molecule has 138 valence electrons. The lowest BCUT2D eigenvalue weighted by Gasteiger charge is -2.21. The number of thiocarbonyl (C=S) groups is 1. The average Bonchev–Trinajstić information content (AvgIpc) is 2.86. The summed E-state index contributed by atoms with van der Waals surface area (Å²) in [6.45, 7) is 0. The number of thioether (sulfide) groups is 1. The molecule has 1 aliphatic rings. The third kappa shape index (κ3) is 4.14. The van der Waals surface area contributed by atoms with E-state index in [1.165, 1.54) is 20.3 Å². The molecule has 1 aliphatic heterocycles. The first-order valence-corrected chi connectivity index (χ1v) is 8.44. The van der Waals surface area contributed by atoms with Gasteiger partial charge in [-0.05, 0) is 24.3 Å². The molecule has 10 heteroatoms. The molecule has 1 atom stereocenters. The smallest absolute Gasteiger partial charge is 0.327 e. The second-order valence-corrected chi connectivity index (χ2v) is 6.79. The Hall–Kier alpha value is -2.59. The number of benzene rings is 1. The fourth-order valence-corrected chi connectivity index (χ4v) is 3.64. The summed E-state index contributed by atoms with van der Waals surface area (Å²) in [5.41, 5.74) is 0.539. The van der Waals surface area contributed by atoms with Crippen LogP contribution >= 0.6 is 24.0 Å². The van der Waals surface area contributed by atoms with E-state index in [-0.39, 0.29) is 9.23 Å². The number of methoxy groups -OCH3 is 2. The van der Waals surface area contributed by atoms with Gasteiger partial charge in [-0.1, -0.05) is 24.0 Å². The minimum Gasteiger partial charge on any atom is -0.497 e. The number of carbonyl (C=O) groups is 3. The van der Waals surface area contributed by atoms with Crippen molar-refractivity contribution in [3.8, 4) is 11.5 Å². The average molecular weight is 397 g/mol. The molecule has 1 fully saturated rings. The molecule has 2 N–H and O–H groups in total. The zero-order chi connectivity index (χ0) is 19.4. The minimum atomic E-state index is -1.57. The van der Waals surface area contributed by atoms with E-state index in [0.29, 0.717) is 17.1 Å². The normalized spacial score (nSPS) is 16.7. The lowest BCUT2D eigenvalue weighted by molar-refractivity contribution is -0.150. The molecule has 1 aromatic carbocycles. The number of hydrogen-bond acceptors (Lipinski definition) is 7. The Morgan fingerprint density at radius 2 is 2.00 bits per heavy atom. The van der Waals surface area contributed by atoms with Gasteiger partial charge in [0.1, 0.15) is 21.9 Å². The van der Waals surface area contributed by atoms with Crippen molar-refractivity contribution in [2.24, 2.45) is 0 Å². The number of rotatable bonds is 7. The van der Waals surface area contributed by atoms with E-state index in [2.05, 4.69) is 0 Å². The highest BCUT2D eigenvalue weighted by Crippen LogP contribution is 2.36. The predicted molar refractivity (Wildman–Crippen MR) is 98.2 cm³/mol. The topological polar surface area (TPSA) is 113 Å². The van der Waals surface area contributed by atoms with Gasteiger partial charge < -0.3 is 19.7 Å². The summed E-state index contributed by atoms with van der Waals surface area (Å²) in [4.78, 5) is 35.9. The lowest BCUT2D eigenvalue weighted by Crippen LogP contribution is -2.45. The van der Waals surface area contributed by atoms with Gasteiger partial charge in [0.05, 0.1) is 25.5 Å². The van der Waals surface area contributed by atoms with Crippen LogP contribution in [0.3, 0.4) is 0 Å². The molecule has 8 nitrogen and oxygen atoms in total. The molecule has 1 amide bonds.